The van der Waals surface area contributed by atoms with Crippen LogP contribution in [0.1, 0.15) is 41.6 Å². The molecule has 146 valence electrons. The van der Waals surface area contributed by atoms with Gasteiger partial charge in [-0.25, -0.2) is 0 Å². The maximum Gasteiger partial charge on any atom is 0.251 e. The molecular weight excluding hydrogens is 352 g/mol. The smallest absolute Gasteiger partial charge is 0.251 e. The first-order chi connectivity index (χ1) is 13.7. The van der Waals surface area contributed by atoms with Crippen molar-refractivity contribution < 1.29 is 14.3 Å². The lowest BCUT2D eigenvalue weighted by molar-refractivity contribution is -0.134. The Kier molecular flexibility index (Phi) is 5.60. The zero-order valence-electron chi connectivity index (χ0n) is 16.0. The second-order valence-corrected chi connectivity index (χ2v) is 7.61. The number of ether oxygens (including phenoxy) is 1. The minimum Gasteiger partial charge on any atom is -0.490 e. The molecule has 5 heteroatoms. The van der Waals surface area contributed by atoms with Crippen molar-refractivity contribution in [3.8, 4) is 5.75 Å². The van der Waals surface area contributed by atoms with E-state index in [0.717, 1.165) is 44.3 Å². The number of piperidine rings is 1. The maximum absolute atomic E-state index is 12.4. The molecule has 2 aromatic carbocycles. The van der Waals surface area contributed by atoms with E-state index in [4.69, 9.17) is 4.74 Å². The van der Waals surface area contributed by atoms with Gasteiger partial charge in [0.2, 0.25) is 5.91 Å². The van der Waals surface area contributed by atoms with E-state index < -0.39 is 0 Å². The molecule has 4 rings (SSSR count). The third-order valence-corrected chi connectivity index (χ3v) is 5.38. The summed E-state index contributed by atoms with van der Waals surface area (Å²) in [5, 5.41) is 2.94. The molecule has 2 fully saturated rings. The molecule has 0 spiro atoms. The number of carbonyl (C=O) groups excluding carboxylic acids is 2. The summed E-state index contributed by atoms with van der Waals surface area (Å²) in [6.07, 6.45) is 3.86. The van der Waals surface area contributed by atoms with Crippen LogP contribution < -0.4 is 10.1 Å². The van der Waals surface area contributed by atoms with Crippen LogP contribution in [0, 0.1) is 5.92 Å². The molecule has 1 aliphatic heterocycles. The van der Waals surface area contributed by atoms with Crippen LogP contribution in [0.15, 0.2) is 54.6 Å². The van der Waals surface area contributed by atoms with Gasteiger partial charge in [0.25, 0.3) is 5.91 Å². The predicted molar refractivity (Wildman–Crippen MR) is 107 cm³/mol. The first-order valence-corrected chi connectivity index (χ1v) is 10.1. The number of hydrogen-bond donors (Lipinski definition) is 1. The molecule has 2 aliphatic rings. The minimum atomic E-state index is -0.112. The Hall–Kier alpha value is -2.82. The van der Waals surface area contributed by atoms with Gasteiger partial charge in [-0.15, -0.1) is 0 Å². The second kappa shape index (κ2) is 8.46. The van der Waals surface area contributed by atoms with Crippen molar-refractivity contribution in [3.63, 3.8) is 0 Å². The van der Waals surface area contributed by atoms with Gasteiger partial charge >= 0.3 is 0 Å². The summed E-state index contributed by atoms with van der Waals surface area (Å²) >= 11 is 0. The van der Waals surface area contributed by atoms with Crippen molar-refractivity contribution in [3.05, 3.63) is 65.7 Å². The lowest BCUT2D eigenvalue weighted by Crippen LogP contribution is -2.42. The number of rotatable bonds is 6. The van der Waals surface area contributed by atoms with Gasteiger partial charge in [0.15, 0.2) is 0 Å². The molecule has 0 unspecified atom stereocenters. The van der Waals surface area contributed by atoms with Crippen LogP contribution in [0.5, 0.6) is 5.75 Å². The molecule has 1 heterocycles. The lowest BCUT2D eigenvalue weighted by atomic mass is 10.1. The highest BCUT2D eigenvalue weighted by atomic mass is 16.5. The van der Waals surface area contributed by atoms with Crippen molar-refractivity contribution in [2.45, 2.75) is 38.3 Å². The molecule has 2 aromatic rings. The van der Waals surface area contributed by atoms with E-state index in [1.165, 1.54) is 0 Å². The quantitative estimate of drug-likeness (QED) is 0.838. The number of carbonyl (C=O) groups is 2. The molecular formula is C23H26N2O3. The van der Waals surface area contributed by atoms with Gasteiger partial charge in [0, 0.05) is 44.0 Å². The topological polar surface area (TPSA) is 58.6 Å². The van der Waals surface area contributed by atoms with Gasteiger partial charge in [0.1, 0.15) is 11.9 Å². The molecule has 28 heavy (non-hydrogen) atoms. The molecule has 0 bridgehead atoms. The third-order valence-electron chi connectivity index (χ3n) is 5.38. The highest BCUT2D eigenvalue weighted by Crippen LogP contribution is 2.32. The number of amides is 2. The average Bonchev–Trinajstić information content (AvgIpc) is 3.58. The van der Waals surface area contributed by atoms with Crippen LogP contribution >= 0.6 is 0 Å². The number of likely N-dealkylation sites (tertiary alicyclic amines) is 1. The summed E-state index contributed by atoms with van der Waals surface area (Å²) in [6, 6.07) is 17.2. The van der Waals surface area contributed by atoms with Crippen molar-refractivity contribution in [1.82, 2.24) is 10.2 Å². The van der Waals surface area contributed by atoms with Gasteiger partial charge in [-0.2, -0.15) is 0 Å². The van der Waals surface area contributed by atoms with E-state index in [9.17, 15) is 9.59 Å². The van der Waals surface area contributed by atoms with Crippen molar-refractivity contribution in [2.75, 3.05) is 13.1 Å². The fourth-order valence-electron chi connectivity index (χ4n) is 3.57. The molecule has 1 saturated carbocycles. The van der Waals surface area contributed by atoms with Gasteiger partial charge in [-0.05, 0) is 36.6 Å². The van der Waals surface area contributed by atoms with Gasteiger partial charge in [-0.1, -0.05) is 36.4 Å². The Balaban J connectivity index is 1.29. The van der Waals surface area contributed by atoms with Crippen LogP contribution in [0.2, 0.25) is 0 Å². The molecule has 2 amide bonds. The zero-order chi connectivity index (χ0) is 19.3. The van der Waals surface area contributed by atoms with Crippen LogP contribution in [0.4, 0.5) is 0 Å². The number of benzene rings is 2. The number of hydrogen-bond acceptors (Lipinski definition) is 3. The normalized spacial score (nSPS) is 17.2. The molecule has 1 aliphatic carbocycles. The van der Waals surface area contributed by atoms with Gasteiger partial charge in [0.05, 0.1) is 0 Å². The van der Waals surface area contributed by atoms with Crippen LogP contribution in [-0.2, 0) is 11.3 Å². The van der Waals surface area contributed by atoms with E-state index in [1.54, 1.807) is 12.1 Å². The maximum atomic E-state index is 12.4. The fourth-order valence-corrected chi connectivity index (χ4v) is 3.57. The standard InChI is InChI=1S/C23H26N2O3/c26-22(24-16-17-5-2-1-3-6-17)19-7-4-8-21(15-19)28-20-11-13-25(14-12-20)23(27)18-9-10-18/h1-8,15,18,20H,9-14,16H2,(H,24,26). The third kappa shape index (κ3) is 4.71. The summed E-state index contributed by atoms with van der Waals surface area (Å²) in [6.45, 7) is 2.02. The summed E-state index contributed by atoms with van der Waals surface area (Å²) in [4.78, 5) is 26.6. The number of nitrogens with zero attached hydrogens (tertiary/aromatic N) is 1. The first kappa shape index (κ1) is 18.5. The van der Waals surface area contributed by atoms with E-state index in [-0.39, 0.29) is 17.9 Å². The van der Waals surface area contributed by atoms with E-state index in [1.807, 2.05) is 47.4 Å². The zero-order valence-corrected chi connectivity index (χ0v) is 16.0. The summed E-state index contributed by atoms with van der Waals surface area (Å²) in [5.74, 6) is 1.19. The summed E-state index contributed by atoms with van der Waals surface area (Å²) in [7, 11) is 0. The first-order valence-electron chi connectivity index (χ1n) is 10.1. The Morgan fingerprint density at radius 3 is 2.43 bits per heavy atom. The second-order valence-electron chi connectivity index (χ2n) is 7.61. The molecule has 1 N–H and O–H groups in total. The Bertz CT molecular complexity index is 825. The summed E-state index contributed by atoms with van der Waals surface area (Å²) < 4.78 is 6.10. The molecule has 5 nitrogen and oxygen atoms in total. The van der Waals surface area contributed by atoms with Crippen molar-refractivity contribution >= 4 is 11.8 Å². The Morgan fingerprint density at radius 2 is 1.71 bits per heavy atom. The minimum absolute atomic E-state index is 0.0888. The molecule has 0 radical (unpaired) electrons. The predicted octanol–water partition coefficient (Wildman–Crippen LogP) is 3.40. The summed E-state index contributed by atoms with van der Waals surface area (Å²) in [5.41, 5.74) is 1.66. The molecule has 1 saturated heterocycles. The van der Waals surface area contributed by atoms with E-state index >= 15 is 0 Å². The average molecular weight is 378 g/mol. The van der Waals surface area contributed by atoms with Crippen LogP contribution in [0.25, 0.3) is 0 Å². The van der Waals surface area contributed by atoms with Gasteiger partial charge < -0.3 is 15.0 Å². The van der Waals surface area contributed by atoms with Crippen molar-refractivity contribution in [2.24, 2.45) is 5.92 Å². The van der Waals surface area contributed by atoms with E-state index in [2.05, 4.69) is 5.32 Å². The van der Waals surface area contributed by atoms with E-state index in [0.29, 0.717) is 23.8 Å². The largest absolute Gasteiger partial charge is 0.490 e. The highest BCUT2D eigenvalue weighted by Gasteiger charge is 2.35. The number of nitrogens with one attached hydrogen (secondary N) is 1. The fraction of sp³-hybridized carbons (Fsp3) is 0.391. The molecule has 0 aromatic heterocycles. The van der Waals surface area contributed by atoms with Crippen LogP contribution in [-0.4, -0.2) is 35.9 Å². The highest BCUT2D eigenvalue weighted by molar-refractivity contribution is 5.94. The molecule has 0 atom stereocenters. The van der Waals surface area contributed by atoms with Gasteiger partial charge in [-0.3, -0.25) is 9.59 Å². The van der Waals surface area contributed by atoms with Crippen LogP contribution in [0.3, 0.4) is 0 Å². The Labute approximate surface area is 165 Å². The van der Waals surface area contributed by atoms with Crippen molar-refractivity contribution in [1.29, 1.82) is 0 Å². The SMILES string of the molecule is O=C(NCc1ccccc1)c1cccc(OC2CCN(C(=O)C3CC3)CC2)c1. The monoisotopic (exact) mass is 378 g/mol. The Morgan fingerprint density at radius 1 is 0.964 bits per heavy atom. The lowest BCUT2D eigenvalue weighted by Gasteiger charge is -2.32.